The fourth-order valence-corrected chi connectivity index (χ4v) is 8.37. The van der Waals surface area contributed by atoms with E-state index in [1.54, 1.807) is 58.0 Å². The summed E-state index contributed by atoms with van der Waals surface area (Å²) in [6.45, 7) is 7.27. The van der Waals surface area contributed by atoms with E-state index in [-0.39, 0.29) is 31.1 Å². The maximum Gasteiger partial charge on any atom is 0.305 e. The smallest absolute Gasteiger partial charge is 0.305 e. The van der Waals surface area contributed by atoms with Crippen LogP contribution in [0.3, 0.4) is 0 Å². The number of carbonyl (C=O) groups is 12. The van der Waals surface area contributed by atoms with E-state index in [2.05, 4.69) is 42.5 Å². The molecule has 0 radical (unpaired) electrons. The molecule has 28 heteroatoms. The van der Waals surface area contributed by atoms with Crippen molar-refractivity contribution >= 4 is 71.0 Å². The lowest BCUT2D eigenvalue weighted by Gasteiger charge is -2.30. The third-order valence-corrected chi connectivity index (χ3v) is 12.1. The van der Waals surface area contributed by atoms with Crippen LogP contribution in [-0.2, 0) is 64.0 Å². The molecule has 0 aliphatic carbocycles. The topological polar surface area (TPSA) is 391 Å². The molecule has 1 aliphatic rings. The highest BCUT2D eigenvalue weighted by Gasteiger charge is 2.44. The number of hydrogen-bond donors (Lipinski definition) is 12. The third-order valence-electron chi connectivity index (χ3n) is 12.1. The fourth-order valence-electron chi connectivity index (χ4n) is 8.37. The molecule has 0 aromatic heterocycles. The SMILES string of the molecule is CC(=O)N[C@@H](CC(C)C)C(=O)N[C@@H](CC(=O)O)C(=O)N1C[C@@H](F)C[C@H]1C(=O)N[C@@H](CCC(=O)O)C(=O)N[C@H](C(=O)NCC(=O)N[C@H](C(=O)N[C@@H](Cc1ccccc1)C(=O)N[C@@H](CC(C)C)C(N)=O)c1cc(F)cc(F)c1)[C@@H](C)O. The Morgan fingerprint density at radius 2 is 1.23 bits per heavy atom. The maximum atomic E-state index is 15.1. The predicted octanol–water partition coefficient (Wildman–Crippen LogP) is -1.35. The molecule has 10 atom stereocenters. The first-order chi connectivity index (χ1) is 36.9. The van der Waals surface area contributed by atoms with Crippen LogP contribution in [0.4, 0.5) is 13.2 Å². The number of aliphatic hydroxyl groups excluding tert-OH is 1. The van der Waals surface area contributed by atoms with Gasteiger partial charge in [-0.2, -0.15) is 0 Å². The molecule has 79 heavy (non-hydrogen) atoms. The first-order valence-corrected chi connectivity index (χ1v) is 25.2. The second-order valence-electron chi connectivity index (χ2n) is 19.9. The van der Waals surface area contributed by atoms with Gasteiger partial charge in [-0.25, -0.2) is 13.2 Å². The van der Waals surface area contributed by atoms with Crippen LogP contribution in [0.25, 0.3) is 0 Å². The second-order valence-corrected chi connectivity index (χ2v) is 19.9. The van der Waals surface area contributed by atoms with Crippen LogP contribution in [-0.4, -0.2) is 159 Å². The number of hydrogen-bond acceptors (Lipinski definition) is 13. The van der Waals surface area contributed by atoms with Crippen LogP contribution in [0.1, 0.15) is 97.2 Å². The monoisotopic (exact) mass is 1120 g/mol. The summed E-state index contributed by atoms with van der Waals surface area (Å²) in [5, 5.41) is 48.0. The zero-order valence-electron chi connectivity index (χ0n) is 44.3. The highest BCUT2D eigenvalue weighted by Crippen LogP contribution is 2.24. The first-order valence-electron chi connectivity index (χ1n) is 25.2. The van der Waals surface area contributed by atoms with E-state index in [4.69, 9.17) is 5.73 Å². The lowest BCUT2D eigenvalue weighted by atomic mass is 10.0. The Morgan fingerprint density at radius 1 is 0.671 bits per heavy atom. The van der Waals surface area contributed by atoms with Gasteiger partial charge in [0.15, 0.2) is 0 Å². The lowest BCUT2D eigenvalue weighted by Crippen LogP contribution is -2.60. The summed E-state index contributed by atoms with van der Waals surface area (Å²) in [6, 6.07) is -3.32. The number of likely N-dealkylation sites (tertiary alicyclic amines) is 1. The molecule has 3 rings (SSSR count). The number of carboxylic acid groups (broad SMARTS) is 2. The summed E-state index contributed by atoms with van der Waals surface area (Å²) in [4.78, 5) is 158. The fraction of sp³-hybridized carbons (Fsp3) is 0.529. The number of primary amides is 1. The van der Waals surface area contributed by atoms with Crippen LogP contribution in [0.2, 0.25) is 0 Å². The summed E-state index contributed by atoms with van der Waals surface area (Å²) in [5.74, 6) is -16.5. The molecule has 2 aromatic rings. The van der Waals surface area contributed by atoms with Crippen molar-refractivity contribution < 1.29 is 86.0 Å². The quantitative estimate of drug-likeness (QED) is 0.0430. The Morgan fingerprint density at radius 3 is 1.77 bits per heavy atom. The number of aliphatic carboxylic acids is 2. The van der Waals surface area contributed by atoms with E-state index in [0.717, 1.165) is 13.8 Å². The number of alkyl halides is 1. The molecule has 1 aliphatic heterocycles. The van der Waals surface area contributed by atoms with Crippen molar-refractivity contribution in [3.8, 4) is 0 Å². The largest absolute Gasteiger partial charge is 0.481 e. The van der Waals surface area contributed by atoms with Crippen molar-refractivity contribution in [1.82, 2.24) is 47.4 Å². The van der Waals surface area contributed by atoms with Crippen LogP contribution >= 0.6 is 0 Å². The average Bonchev–Trinajstić information content (AvgIpc) is 3.76. The van der Waals surface area contributed by atoms with E-state index in [1.807, 2.05) is 0 Å². The molecule has 434 valence electrons. The first kappa shape index (κ1) is 65.1. The highest BCUT2D eigenvalue weighted by molar-refractivity contribution is 5.99. The summed E-state index contributed by atoms with van der Waals surface area (Å²) in [7, 11) is 0. The molecule has 1 saturated heterocycles. The van der Waals surface area contributed by atoms with Gasteiger partial charge in [0.2, 0.25) is 59.1 Å². The van der Waals surface area contributed by atoms with Crippen LogP contribution < -0.4 is 48.3 Å². The van der Waals surface area contributed by atoms with Gasteiger partial charge in [-0.15, -0.1) is 0 Å². The number of nitrogens with zero attached hydrogens (tertiary/aromatic N) is 1. The average molecular weight is 1120 g/mol. The van der Waals surface area contributed by atoms with Crippen LogP contribution in [0, 0.1) is 23.5 Å². The number of benzene rings is 2. The van der Waals surface area contributed by atoms with Gasteiger partial charge in [0, 0.05) is 32.3 Å². The number of carboxylic acids is 2. The van der Waals surface area contributed by atoms with Crippen molar-refractivity contribution in [2.24, 2.45) is 17.6 Å². The molecule has 25 nitrogen and oxygen atoms in total. The third kappa shape index (κ3) is 21.6. The minimum Gasteiger partial charge on any atom is -0.481 e. The summed E-state index contributed by atoms with van der Waals surface area (Å²) in [6.07, 6.45) is -6.98. The molecule has 0 saturated carbocycles. The summed E-state index contributed by atoms with van der Waals surface area (Å²) in [5.41, 5.74) is 5.58. The molecule has 0 bridgehead atoms. The lowest BCUT2D eigenvalue weighted by molar-refractivity contribution is -0.146. The number of aliphatic hydroxyl groups is 1. The molecule has 13 N–H and O–H groups in total. The highest BCUT2D eigenvalue weighted by atomic mass is 19.1. The van der Waals surface area contributed by atoms with Crippen molar-refractivity contribution in [1.29, 1.82) is 0 Å². The maximum absolute atomic E-state index is 15.1. The standard InChI is InChI=1S/C51H69F3N10O15/c1-24(2)14-34(44(55)72)59-47(75)36(16-28-10-8-7-9-11-28)60-50(78)43(29-17-30(52)19-31(53)18-29)62-39(67)22-56-49(77)42(26(5)65)63-45(73)33(12-13-40(68)69)58-48(76)38-20-32(54)23-64(38)51(79)37(21-41(70)71)61-46(74)35(15-25(3)4)57-27(6)66/h7-11,17-19,24-26,32-38,42-43,65H,12-16,20-23H2,1-6H3,(H2,55,72)(H,56,77)(H,57,66)(H,58,76)(H,59,75)(H,60,78)(H,61,74)(H,62,67)(H,63,73)(H,68,69)(H,70,71)/t26-,32+,33+,34+,35+,36+,37+,38+,42+,43+/m1/s1. The zero-order chi connectivity index (χ0) is 59.4. The van der Waals surface area contributed by atoms with E-state index < -0.39 is 188 Å². The minimum atomic E-state index is -1.99. The Balaban J connectivity index is 1.85. The Bertz CT molecular complexity index is 2540. The second kappa shape index (κ2) is 30.7. The van der Waals surface area contributed by atoms with Gasteiger partial charge in [-0.3, -0.25) is 57.5 Å². The zero-order valence-corrected chi connectivity index (χ0v) is 44.3. The number of nitrogens with one attached hydrogen (secondary N) is 8. The van der Waals surface area contributed by atoms with Crippen LogP contribution in [0.15, 0.2) is 48.5 Å². The molecule has 2 aromatic carbocycles. The molecular formula is C51H69F3N10O15. The normalized spacial score (nSPS) is 17.0. The van der Waals surface area contributed by atoms with Gasteiger partial charge >= 0.3 is 11.9 Å². The number of nitrogens with two attached hydrogens (primary N) is 1. The number of halogens is 3. The van der Waals surface area contributed by atoms with Gasteiger partial charge in [0.25, 0.3) is 0 Å². The predicted molar refractivity (Wildman–Crippen MR) is 272 cm³/mol. The Labute approximate surface area is 452 Å². The van der Waals surface area contributed by atoms with E-state index in [9.17, 15) is 81.6 Å². The van der Waals surface area contributed by atoms with Crippen LogP contribution in [0.5, 0.6) is 0 Å². The molecule has 10 amide bonds. The van der Waals surface area contributed by atoms with E-state index in [1.165, 1.54) is 0 Å². The molecule has 0 spiro atoms. The molecule has 0 unspecified atom stereocenters. The summed E-state index contributed by atoms with van der Waals surface area (Å²) < 4.78 is 44.3. The van der Waals surface area contributed by atoms with Crippen molar-refractivity contribution in [2.75, 3.05) is 13.1 Å². The molecule has 1 fully saturated rings. The van der Waals surface area contributed by atoms with Gasteiger partial charge in [-0.1, -0.05) is 58.0 Å². The Kier molecular flexibility index (Phi) is 25.3. The van der Waals surface area contributed by atoms with Gasteiger partial charge in [0.05, 0.1) is 25.6 Å². The van der Waals surface area contributed by atoms with Crippen molar-refractivity contribution in [3.63, 3.8) is 0 Å². The molecular weight excluding hydrogens is 1050 g/mol. The number of carbonyl (C=O) groups excluding carboxylic acids is 10. The van der Waals surface area contributed by atoms with E-state index >= 15 is 4.39 Å². The van der Waals surface area contributed by atoms with Crippen molar-refractivity contribution in [2.45, 2.75) is 147 Å². The number of amides is 10. The minimum absolute atomic E-state index is 0.0671. The van der Waals surface area contributed by atoms with E-state index in [0.29, 0.717) is 28.7 Å². The summed E-state index contributed by atoms with van der Waals surface area (Å²) >= 11 is 0. The Hall–Kier alpha value is -8.17. The van der Waals surface area contributed by atoms with Gasteiger partial charge in [-0.05, 0) is 61.3 Å². The van der Waals surface area contributed by atoms with Gasteiger partial charge < -0.3 is 68.5 Å². The van der Waals surface area contributed by atoms with Crippen molar-refractivity contribution in [3.05, 3.63) is 71.3 Å². The number of rotatable bonds is 30. The molecule has 1 heterocycles. The van der Waals surface area contributed by atoms with Gasteiger partial charge in [0.1, 0.15) is 66.1 Å².